The van der Waals surface area contributed by atoms with Crippen LogP contribution in [0.5, 0.6) is 11.5 Å². The summed E-state index contributed by atoms with van der Waals surface area (Å²) in [5.74, 6) is 0.454. The molecule has 0 aliphatic heterocycles. The molecule has 0 saturated carbocycles. The molecular weight excluding hydrogens is 250 g/mol. The Balaban J connectivity index is 2.65. The second kappa shape index (κ2) is 6.80. The van der Waals surface area contributed by atoms with E-state index in [0.29, 0.717) is 16.4 Å². The first-order valence-electron chi connectivity index (χ1n) is 5.50. The largest absolute Gasteiger partial charge is 0.504 e. The van der Waals surface area contributed by atoms with E-state index < -0.39 is 0 Å². The van der Waals surface area contributed by atoms with E-state index in [0.717, 1.165) is 0 Å². The SMILES string of the molecule is COc1cccc(/C=N\NC(=S)NC(C)C)c1O. The van der Waals surface area contributed by atoms with Crippen LogP contribution in [0.25, 0.3) is 0 Å². The molecule has 0 aromatic heterocycles. The van der Waals surface area contributed by atoms with Crippen molar-refractivity contribution in [1.29, 1.82) is 0 Å². The maximum absolute atomic E-state index is 9.81. The van der Waals surface area contributed by atoms with Gasteiger partial charge in [0, 0.05) is 11.6 Å². The lowest BCUT2D eigenvalue weighted by Crippen LogP contribution is -2.36. The number of nitrogens with one attached hydrogen (secondary N) is 2. The molecule has 3 N–H and O–H groups in total. The molecule has 1 rings (SSSR count). The Morgan fingerprint density at radius 3 is 2.83 bits per heavy atom. The van der Waals surface area contributed by atoms with Crippen LogP contribution in [0.1, 0.15) is 19.4 Å². The second-order valence-electron chi connectivity index (χ2n) is 3.90. The van der Waals surface area contributed by atoms with E-state index in [1.807, 2.05) is 13.8 Å². The Kier molecular flexibility index (Phi) is 5.38. The number of benzene rings is 1. The van der Waals surface area contributed by atoms with Crippen LogP contribution in [-0.2, 0) is 0 Å². The molecule has 0 atom stereocenters. The third kappa shape index (κ3) is 4.21. The van der Waals surface area contributed by atoms with E-state index in [-0.39, 0.29) is 11.8 Å². The van der Waals surface area contributed by atoms with Crippen molar-refractivity contribution in [2.24, 2.45) is 5.10 Å². The van der Waals surface area contributed by atoms with E-state index in [1.165, 1.54) is 13.3 Å². The van der Waals surface area contributed by atoms with Crippen LogP contribution >= 0.6 is 12.2 Å². The highest BCUT2D eigenvalue weighted by atomic mass is 32.1. The predicted octanol–water partition coefficient (Wildman–Crippen LogP) is 1.61. The number of hydrogen-bond donors (Lipinski definition) is 3. The number of phenolic OH excluding ortho intramolecular Hbond substituents is 1. The summed E-state index contributed by atoms with van der Waals surface area (Å²) in [5.41, 5.74) is 3.22. The molecule has 1 aromatic carbocycles. The Bertz CT molecular complexity index is 447. The van der Waals surface area contributed by atoms with Gasteiger partial charge < -0.3 is 15.2 Å². The molecule has 6 heteroatoms. The molecule has 0 saturated heterocycles. The molecule has 0 aliphatic rings. The van der Waals surface area contributed by atoms with Gasteiger partial charge in [-0.15, -0.1) is 0 Å². The first-order chi connectivity index (χ1) is 8.54. The number of phenols is 1. The van der Waals surface area contributed by atoms with Gasteiger partial charge >= 0.3 is 0 Å². The molecule has 0 unspecified atom stereocenters. The summed E-state index contributed by atoms with van der Waals surface area (Å²) < 4.78 is 5.00. The zero-order valence-electron chi connectivity index (χ0n) is 10.6. The Hall–Kier alpha value is -1.82. The van der Waals surface area contributed by atoms with Gasteiger partial charge in [0.15, 0.2) is 16.6 Å². The van der Waals surface area contributed by atoms with Crippen LogP contribution in [0.3, 0.4) is 0 Å². The zero-order chi connectivity index (χ0) is 13.5. The molecular formula is C12H17N3O2S. The van der Waals surface area contributed by atoms with Crippen molar-refractivity contribution in [3.8, 4) is 11.5 Å². The third-order valence-corrected chi connectivity index (χ3v) is 2.25. The number of aromatic hydroxyl groups is 1. The average Bonchev–Trinajstić information content (AvgIpc) is 2.30. The molecule has 0 bridgehead atoms. The molecule has 0 radical (unpaired) electrons. The number of rotatable bonds is 4. The van der Waals surface area contributed by atoms with Crippen LogP contribution in [0, 0.1) is 0 Å². The molecule has 0 aliphatic carbocycles. The number of methoxy groups -OCH3 is 1. The Morgan fingerprint density at radius 2 is 2.22 bits per heavy atom. The highest BCUT2D eigenvalue weighted by molar-refractivity contribution is 7.80. The molecule has 0 spiro atoms. The fourth-order valence-electron chi connectivity index (χ4n) is 1.26. The van der Waals surface area contributed by atoms with Crippen molar-refractivity contribution < 1.29 is 9.84 Å². The van der Waals surface area contributed by atoms with Crippen LogP contribution in [0.2, 0.25) is 0 Å². The van der Waals surface area contributed by atoms with Gasteiger partial charge in [0.1, 0.15) is 0 Å². The summed E-state index contributed by atoms with van der Waals surface area (Å²) in [7, 11) is 1.50. The maximum Gasteiger partial charge on any atom is 0.187 e. The van der Waals surface area contributed by atoms with Gasteiger partial charge in [0.2, 0.25) is 0 Å². The van der Waals surface area contributed by atoms with Crippen molar-refractivity contribution in [1.82, 2.24) is 10.7 Å². The van der Waals surface area contributed by atoms with Gasteiger partial charge in [0.05, 0.1) is 13.3 Å². The quantitative estimate of drug-likeness (QED) is 0.439. The van der Waals surface area contributed by atoms with E-state index in [1.54, 1.807) is 18.2 Å². The molecule has 0 amide bonds. The van der Waals surface area contributed by atoms with Crippen molar-refractivity contribution in [3.63, 3.8) is 0 Å². The van der Waals surface area contributed by atoms with Gasteiger partial charge in [0.25, 0.3) is 0 Å². The van der Waals surface area contributed by atoms with Gasteiger partial charge in [-0.05, 0) is 38.2 Å². The number of ether oxygens (including phenoxy) is 1. The number of thiocarbonyl (C=S) groups is 1. The highest BCUT2D eigenvalue weighted by Crippen LogP contribution is 2.27. The Morgan fingerprint density at radius 1 is 1.50 bits per heavy atom. The Labute approximate surface area is 112 Å². The minimum absolute atomic E-state index is 0.0493. The van der Waals surface area contributed by atoms with E-state index in [9.17, 15) is 5.11 Å². The van der Waals surface area contributed by atoms with E-state index in [2.05, 4.69) is 15.8 Å². The molecule has 98 valence electrons. The van der Waals surface area contributed by atoms with E-state index >= 15 is 0 Å². The zero-order valence-corrected chi connectivity index (χ0v) is 11.4. The van der Waals surface area contributed by atoms with Gasteiger partial charge in [-0.3, -0.25) is 5.43 Å². The lowest BCUT2D eigenvalue weighted by Gasteiger charge is -2.09. The number of hydrogen-bond acceptors (Lipinski definition) is 4. The number of nitrogens with zero attached hydrogens (tertiary/aromatic N) is 1. The third-order valence-electron chi connectivity index (χ3n) is 2.04. The first kappa shape index (κ1) is 14.2. The van der Waals surface area contributed by atoms with Crippen molar-refractivity contribution in [2.45, 2.75) is 19.9 Å². The monoisotopic (exact) mass is 267 g/mol. The average molecular weight is 267 g/mol. The fraction of sp³-hybridized carbons (Fsp3) is 0.333. The summed E-state index contributed by atoms with van der Waals surface area (Å²) in [6.45, 7) is 3.96. The minimum Gasteiger partial charge on any atom is -0.504 e. The van der Waals surface area contributed by atoms with Crippen molar-refractivity contribution in [2.75, 3.05) is 7.11 Å². The standard InChI is InChI=1S/C12H17N3O2S/c1-8(2)14-12(18)15-13-7-9-5-4-6-10(17-3)11(9)16/h4-8,16H,1-3H3,(H2,14,15,18)/b13-7-. The summed E-state index contributed by atoms with van der Waals surface area (Å²) in [6.07, 6.45) is 1.48. The smallest absolute Gasteiger partial charge is 0.187 e. The topological polar surface area (TPSA) is 65.9 Å². The summed E-state index contributed by atoms with van der Waals surface area (Å²) in [6, 6.07) is 5.41. The minimum atomic E-state index is 0.0493. The fourth-order valence-corrected chi connectivity index (χ4v) is 1.55. The lowest BCUT2D eigenvalue weighted by molar-refractivity contribution is 0.373. The predicted molar refractivity (Wildman–Crippen MR) is 76.3 cm³/mol. The molecule has 0 fully saturated rings. The molecule has 18 heavy (non-hydrogen) atoms. The van der Waals surface area contributed by atoms with Crippen molar-refractivity contribution >= 4 is 23.5 Å². The second-order valence-corrected chi connectivity index (χ2v) is 4.30. The van der Waals surface area contributed by atoms with Crippen LogP contribution in [0.15, 0.2) is 23.3 Å². The molecule has 1 aromatic rings. The normalized spacial score (nSPS) is 10.7. The van der Waals surface area contributed by atoms with Crippen LogP contribution in [-0.4, -0.2) is 29.6 Å². The summed E-state index contributed by atoms with van der Waals surface area (Å²) in [5, 5.41) is 17.2. The lowest BCUT2D eigenvalue weighted by atomic mass is 10.2. The maximum atomic E-state index is 9.81. The van der Waals surface area contributed by atoms with Gasteiger partial charge in [-0.2, -0.15) is 5.10 Å². The number of hydrazone groups is 1. The van der Waals surface area contributed by atoms with Gasteiger partial charge in [-0.25, -0.2) is 0 Å². The number of para-hydroxylation sites is 1. The van der Waals surface area contributed by atoms with Crippen LogP contribution in [0.4, 0.5) is 0 Å². The highest BCUT2D eigenvalue weighted by Gasteiger charge is 2.04. The summed E-state index contributed by atoms with van der Waals surface area (Å²) in [4.78, 5) is 0. The van der Waals surface area contributed by atoms with Crippen molar-refractivity contribution in [3.05, 3.63) is 23.8 Å². The van der Waals surface area contributed by atoms with Crippen LogP contribution < -0.4 is 15.5 Å². The molecule has 0 heterocycles. The van der Waals surface area contributed by atoms with Gasteiger partial charge in [-0.1, -0.05) is 6.07 Å². The summed E-state index contributed by atoms with van der Waals surface area (Å²) >= 11 is 5.00. The van der Waals surface area contributed by atoms with E-state index in [4.69, 9.17) is 17.0 Å². The molecule has 5 nitrogen and oxygen atoms in total. The first-order valence-corrected chi connectivity index (χ1v) is 5.91.